The van der Waals surface area contributed by atoms with E-state index in [1.165, 1.54) is 12.1 Å². The molecule has 1 aromatic carbocycles. The molecule has 0 aliphatic heterocycles. The highest BCUT2D eigenvalue weighted by molar-refractivity contribution is 7.93. The Hall–Kier alpha value is -0.960. The van der Waals surface area contributed by atoms with Crippen molar-refractivity contribution in [2.24, 2.45) is 0 Å². The molecule has 8 heteroatoms. The highest BCUT2D eigenvalue weighted by Crippen LogP contribution is 2.23. The third-order valence-corrected chi connectivity index (χ3v) is 5.60. The first-order valence-corrected chi connectivity index (χ1v) is 9.76. The molecule has 0 aliphatic rings. The smallest absolute Gasteiger partial charge is 0.242 e. The summed E-state index contributed by atoms with van der Waals surface area (Å²) in [5, 5.41) is 2.90. The molecule has 21 heavy (non-hydrogen) atoms. The van der Waals surface area contributed by atoms with Crippen LogP contribution in [0.2, 0.25) is 0 Å². The average molecular weight is 334 g/mol. The SMILES string of the molecule is CNCc1ccc(S(C)(=O)=O)c(S(=O)(=O)NC(C)(C)C)c1. The standard InChI is InChI=1S/C13H22N2O4S2/c1-13(2,3)15-21(18,19)12-8-10(9-14-4)6-7-11(12)20(5,16)17/h6-8,14-15H,9H2,1-5H3. The zero-order valence-corrected chi connectivity index (χ0v) is 14.5. The lowest BCUT2D eigenvalue weighted by Gasteiger charge is -2.21. The second kappa shape index (κ2) is 6.04. The summed E-state index contributed by atoms with van der Waals surface area (Å²) in [4.78, 5) is -0.410. The van der Waals surface area contributed by atoms with E-state index in [0.717, 1.165) is 6.26 Å². The fraction of sp³-hybridized carbons (Fsp3) is 0.538. The molecule has 0 saturated heterocycles. The zero-order chi connectivity index (χ0) is 16.5. The monoisotopic (exact) mass is 334 g/mol. The summed E-state index contributed by atoms with van der Waals surface area (Å²) < 4.78 is 51.1. The third kappa shape index (κ3) is 5.06. The number of nitrogens with one attached hydrogen (secondary N) is 2. The van der Waals surface area contributed by atoms with Gasteiger partial charge in [0.2, 0.25) is 10.0 Å². The molecule has 0 heterocycles. The van der Waals surface area contributed by atoms with Crippen LogP contribution in [0.25, 0.3) is 0 Å². The summed E-state index contributed by atoms with van der Waals surface area (Å²) in [5.41, 5.74) is -0.00808. The fourth-order valence-corrected chi connectivity index (χ4v) is 4.92. The van der Waals surface area contributed by atoms with E-state index >= 15 is 0 Å². The summed E-state index contributed by atoms with van der Waals surface area (Å²) in [6.07, 6.45) is 0.996. The molecule has 0 aliphatic carbocycles. The third-order valence-electron chi connectivity index (χ3n) is 2.52. The van der Waals surface area contributed by atoms with Gasteiger partial charge < -0.3 is 5.32 Å². The normalized spacial score (nSPS) is 13.4. The van der Waals surface area contributed by atoms with Gasteiger partial charge in [-0.2, -0.15) is 0 Å². The predicted molar refractivity (Wildman–Crippen MR) is 82.4 cm³/mol. The van der Waals surface area contributed by atoms with Crippen molar-refractivity contribution in [2.75, 3.05) is 13.3 Å². The van der Waals surface area contributed by atoms with E-state index in [1.807, 2.05) is 0 Å². The molecule has 0 atom stereocenters. The van der Waals surface area contributed by atoms with Crippen molar-refractivity contribution in [3.63, 3.8) is 0 Å². The minimum absolute atomic E-state index is 0.195. The number of sulfonamides is 1. The summed E-state index contributed by atoms with van der Waals surface area (Å²) in [7, 11) is -5.84. The van der Waals surface area contributed by atoms with Crippen molar-refractivity contribution >= 4 is 19.9 Å². The van der Waals surface area contributed by atoms with Crippen LogP contribution in [0, 0.1) is 0 Å². The summed E-state index contributed by atoms with van der Waals surface area (Å²) in [6, 6.07) is 4.32. The average Bonchev–Trinajstić information content (AvgIpc) is 2.24. The molecule has 0 fully saturated rings. The number of hydrogen-bond donors (Lipinski definition) is 2. The molecule has 0 aromatic heterocycles. The molecule has 0 unspecified atom stereocenters. The Balaban J connectivity index is 3.53. The van der Waals surface area contributed by atoms with Gasteiger partial charge in [0.1, 0.15) is 4.90 Å². The minimum Gasteiger partial charge on any atom is -0.316 e. The van der Waals surface area contributed by atoms with E-state index in [4.69, 9.17) is 0 Å². The van der Waals surface area contributed by atoms with E-state index in [9.17, 15) is 16.8 Å². The van der Waals surface area contributed by atoms with Gasteiger partial charge in [-0.1, -0.05) is 6.07 Å². The minimum atomic E-state index is -3.93. The lowest BCUT2D eigenvalue weighted by molar-refractivity contribution is 0.489. The van der Waals surface area contributed by atoms with Gasteiger partial charge >= 0.3 is 0 Å². The molecule has 1 rings (SSSR count). The highest BCUT2D eigenvalue weighted by Gasteiger charge is 2.28. The Kier molecular flexibility index (Phi) is 5.20. The fourth-order valence-electron chi connectivity index (χ4n) is 1.84. The highest BCUT2D eigenvalue weighted by atomic mass is 32.2. The van der Waals surface area contributed by atoms with E-state index in [2.05, 4.69) is 10.0 Å². The van der Waals surface area contributed by atoms with E-state index in [-0.39, 0.29) is 9.79 Å². The molecule has 2 N–H and O–H groups in total. The molecule has 0 radical (unpaired) electrons. The number of sulfone groups is 1. The number of rotatable bonds is 5. The van der Waals surface area contributed by atoms with Crippen LogP contribution >= 0.6 is 0 Å². The molecule has 0 bridgehead atoms. The van der Waals surface area contributed by atoms with Crippen LogP contribution in [0.4, 0.5) is 0 Å². The van der Waals surface area contributed by atoms with Crippen LogP contribution in [0.5, 0.6) is 0 Å². The van der Waals surface area contributed by atoms with Gasteiger partial charge in [0.05, 0.1) is 4.90 Å². The summed E-state index contributed by atoms with van der Waals surface area (Å²) >= 11 is 0. The second-order valence-electron chi connectivity index (χ2n) is 5.94. The maximum absolute atomic E-state index is 12.5. The summed E-state index contributed by atoms with van der Waals surface area (Å²) in [6.45, 7) is 5.54. The van der Waals surface area contributed by atoms with Crippen LogP contribution in [0.1, 0.15) is 26.3 Å². The maximum Gasteiger partial charge on any atom is 0.242 e. The van der Waals surface area contributed by atoms with E-state index in [0.29, 0.717) is 12.1 Å². The van der Waals surface area contributed by atoms with Crippen molar-refractivity contribution in [3.8, 4) is 0 Å². The lowest BCUT2D eigenvalue weighted by atomic mass is 10.1. The van der Waals surface area contributed by atoms with Crippen molar-refractivity contribution < 1.29 is 16.8 Å². The van der Waals surface area contributed by atoms with Gasteiger partial charge in [0, 0.05) is 18.3 Å². The lowest BCUT2D eigenvalue weighted by Crippen LogP contribution is -2.41. The van der Waals surface area contributed by atoms with Gasteiger partial charge in [0.25, 0.3) is 0 Å². The largest absolute Gasteiger partial charge is 0.316 e. The van der Waals surface area contributed by atoms with Crippen molar-refractivity contribution in [2.45, 2.75) is 42.6 Å². The van der Waals surface area contributed by atoms with Gasteiger partial charge in [-0.15, -0.1) is 0 Å². The molecule has 6 nitrogen and oxygen atoms in total. The molecule has 1 aromatic rings. The first kappa shape index (κ1) is 18.1. The Labute approximate surface area is 126 Å². The first-order valence-electron chi connectivity index (χ1n) is 6.38. The van der Waals surface area contributed by atoms with Crippen molar-refractivity contribution in [1.29, 1.82) is 0 Å². The Morgan fingerprint density at radius 3 is 2.05 bits per heavy atom. The van der Waals surface area contributed by atoms with Gasteiger partial charge in [-0.3, -0.25) is 0 Å². The van der Waals surface area contributed by atoms with Gasteiger partial charge in [-0.25, -0.2) is 21.6 Å². The Morgan fingerprint density at radius 1 is 1.05 bits per heavy atom. The molecule has 120 valence electrons. The van der Waals surface area contributed by atoms with E-state index in [1.54, 1.807) is 33.9 Å². The molecule has 0 amide bonds. The van der Waals surface area contributed by atoms with Crippen molar-refractivity contribution in [1.82, 2.24) is 10.0 Å². The molecule has 0 spiro atoms. The van der Waals surface area contributed by atoms with Crippen LogP contribution in [0.3, 0.4) is 0 Å². The maximum atomic E-state index is 12.5. The quantitative estimate of drug-likeness (QED) is 0.834. The first-order chi connectivity index (χ1) is 9.37. The zero-order valence-electron chi connectivity index (χ0n) is 12.9. The molecule has 0 saturated carbocycles. The van der Waals surface area contributed by atoms with E-state index < -0.39 is 25.4 Å². The molecular formula is C13H22N2O4S2. The van der Waals surface area contributed by atoms with Crippen LogP contribution in [-0.2, 0) is 26.4 Å². The van der Waals surface area contributed by atoms with Crippen LogP contribution in [-0.4, -0.2) is 35.7 Å². The topological polar surface area (TPSA) is 92.3 Å². The number of benzene rings is 1. The summed E-state index contributed by atoms with van der Waals surface area (Å²) in [5.74, 6) is 0. The Morgan fingerprint density at radius 2 is 1.62 bits per heavy atom. The second-order valence-corrected chi connectivity index (χ2v) is 9.57. The van der Waals surface area contributed by atoms with Gasteiger partial charge in [-0.05, 0) is 45.5 Å². The van der Waals surface area contributed by atoms with Crippen LogP contribution < -0.4 is 10.0 Å². The Bertz CT molecular complexity index is 717. The predicted octanol–water partition coefficient (Wildman–Crippen LogP) is 0.886. The number of hydrogen-bond acceptors (Lipinski definition) is 5. The molecular weight excluding hydrogens is 312 g/mol. The van der Waals surface area contributed by atoms with Gasteiger partial charge in [0.15, 0.2) is 9.84 Å². The van der Waals surface area contributed by atoms with Crippen LogP contribution in [0.15, 0.2) is 28.0 Å². The van der Waals surface area contributed by atoms with Crippen molar-refractivity contribution in [3.05, 3.63) is 23.8 Å².